The summed E-state index contributed by atoms with van der Waals surface area (Å²) in [4.78, 5) is 11.1. The number of nitrogens with zero attached hydrogens (tertiary/aromatic N) is 2. The molecule has 1 rings (SSSR count). The second-order valence-electron chi connectivity index (χ2n) is 2.36. The molecule has 5 heteroatoms. The molecule has 13 heavy (non-hydrogen) atoms. The molecule has 70 valence electrons. The minimum absolute atomic E-state index is 0. The van der Waals surface area contributed by atoms with Crippen LogP contribution < -0.4 is 11.3 Å². The van der Waals surface area contributed by atoms with Crippen LogP contribution in [0.25, 0.3) is 0 Å². The first-order valence-electron chi connectivity index (χ1n) is 3.54. The number of rotatable bonds is 2. The third-order valence-electron chi connectivity index (χ3n) is 1.54. The van der Waals surface area contributed by atoms with E-state index >= 15 is 0 Å². The molecule has 0 bridgehead atoms. The van der Waals surface area contributed by atoms with Crippen molar-refractivity contribution in [1.82, 2.24) is 4.57 Å². The molecule has 0 saturated heterocycles. The maximum atomic E-state index is 11.1. The minimum Gasteiger partial charge on any atom is -0.326 e. The molecule has 0 radical (unpaired) electrons. The van der Waals surface area contributed by atoms with Gasteiger partial charge in [0.25, 0.3) is 5.56 Å². The molecule has 0 atom stereocenters. The summed E-state index contributed by atoms with van der Waals surface area (Å²) in [5.41, 5.74) is 5.93. The highest BCUT2D eigenvalue weighted by molar-refractivity contribution is 5.85. The molecule has 0 aromatic carbocycles. The predicted molar refractivity (Wildman–Crippen MR) is 51.5 cm³/mol. The average molecular weight is 200 g/mol. The Bertz CT molecular complexity index is 366. The Hall–Kier alpha value is -1.31. The van der Waals surface area contributed by atoms with E-state index in [0.29, 0.717) is 6.54 Å². The molecule has 4 nitrogen and oxygen atoms in total. The molecule has 0 fully saturated rings. The van der Waals surface area contributed by atoms with E-state index in [2.05, 4.69) is 0 Å². The van der Waals surface area contributed by atoms with Crippen molar-refractivity contribution in [2.45, 2.75) is 13.1 Å². The molecular weight excluding hydrogens is 190 g/mol. The van der Waals surface area contributed by atoms with Gasteiger partial charge in [-0.2, -0.15) is 5.26 Å². The third-order valence-corrected chi connectivity index (χ3v) is 1.54. The fraction of sp³-hybridized carbons (Fsp3) is 0.250. The van der Waals surface area contributed by atoms with E-state index in [-0.39, 0.29) is 24.5 Å². The Morgan fingerprint density at radius 1 is 1.62 bits per heavy atom. The molecule has 0 aliphatic heterocycles. The zero-order chi connectivity index (χ0) is 8.97. The molecule has 0 aliphatic carbocycles. The van der Waals surface area contributed by atoms with E-state index in [1.807, 2.05) is 6.07 Å². The molecule has 0 spiro atoms. The summed E-state index contributed by atoms with van der Waals surface area (Å²) in [5, 5.41) is 8.34. The highest BCUT2D eigenvalue weighted by Gasteiger charge is 1.95. The normalized spacial score (nSPS) is 8.62. The Morgan fingerprint density at radius 2 is 2.31 bits per heavy atom. The van der Waals surface area contributed by atoms with Crippen molar-refractivity contribution in [1.29, 1.82) is 5.26 Å². The number of nitrogens with two attached hydrogens (primary N) is 1. The van der Waals surface area contributed by atoms with Crippen molar-refractivity contribution in [2.75, 3.05) is 0 Å². The van der Waals surface area contributed by atoms with Crippen molar-refractivity contribution in [3.05, 3.63) is 34.2 Å². The Labute approximate surface area is 82.0 Å². The third kappa shape index (κ3) is 2.90. The summed E-state index contributed by atoms with van der Waals surface area (Å²) >= 11 is 0. The van der Waals surface area contributed by atoms with Crippen LogP contribution in [0, 0.1) is 11.3 Å². The summed E-state index contributed by atoms with van der Waals surface area (Å²) < 4.78 is 1.33. The van der Waals surface area contributed by atoms with Crippen LogP contribution in [-0.2, 0) is 13.1 Å². The lowest BCUT2D eigenvalue weighted by Crippen LogP contribution is -2.19. The van der Waals surface area contributed by atoms with E-state index in [0.717, 1.165) is 5.56 Å². The molecule has 0 amide bonds. The van der Waals surface area contributed by atoms with E-state index in [4.69, 9.17) is 11.0 Å². The summed E-state index contributed by atoms with van der Waals surface area (Å²) in [6, 6.07) is 5.07. The van der Waals surface area contributed by atoms with Crippen LogP contribution in [0.3, 0.4) is 0 Å². The van der Waals surface area contributed by atoms with Crippen LogP contribution in [0.5, 0.6) is 0 Å². The van der Waals surface area contributed by atoms with Crippen molar-refractivity contribution in [3.63, 3.8) is 0 Å². The molecule has 1 aromatic rings. The summed E-state index contributed by atoms with van der Waals surface area (Å²) in [7, 11) is 0. The lowest BCUT2D eigenvalue weighted by molar-refractivity contribution is 0.781. The first-order chi connectivity index (χ1) is 5.77. The summed E-state index contributed by atoms with van der Waals surface area (Å²) in [5.74, 6) is 0. The van der Waals surface area contributed by atoms with Crippen molar-refractivity contribution < 1.29 is 0 Å². The molecule has 0 unspecified atom stereocenters. The van der Waals surface area contributed by atoms with Gasteiger partial charge in [-0.15, -0.1) is 12.4 Å². The summed E-state index contributed by atoms with van der Waals surface area (Å²) in [6.07, 6.45) is 1.58. The highest BCUT2D eigenvalue weighted by atomic mass is 35.5. The molecule has 0 aliphatic rings. The van der Waals surface area contributed by atoms with E-state index in [1.54, 1.807) is 12.3 Å². The number of hydrogen-bond acceptors (Lipinski definition) is 3. The highest BCUT2D eigenvalue weighted by Crippen LogP contribution is 1.91. The molecule has 1 aromatic heterocycles. The van der Waals surface area contributed by atoms with Gasteiger partial charge in [0, 0.05) is 18.8 Å². The van der Waals surface area contributed by atoms with Crippen LogP contribution in [0.1, 0.15) is 5.56 Å². The van der Waals surface area contributed by atoms with E-state index in [9.17, 15) is 4.79 Å². The van der Waals surface area contributed by atoms with Gasteiger partial charge in [0.2, 0.25) is 0 Å². The minimum atomic E-state index is -0.181. The maximum absolute atomic E-state index is 11.1. The Balaban J connectivity index is 0.00000144. The number of pyridine rings is 1. The summed E-state index contributed by atoms with van der Waals surface area (Å²) in [6.45, 7) is 0.437. The van der Waals surface area contributed by atoms with Crippen LogP contribution in [0.2, 0.25) is 0 Å². The first kappa shape index (κ1) is 11.7. The quantitative estimate of drug-likeness (QED) is 0.743. The van der Waals surface area contributed by atoms with Gasteiger partial charge in [-0.25, -0.2) is 0 Å². The van der Waals surface area contributed by atoms with E-state index < -0.39 is 0 Å². The standard InChI is InChI=1S/C8H9N3O.ClH/c9-2-4-11-3-1-7(6-10)5-8(11)12;/h1,3,5H,4,6,10H2;1H. The largest absolute Gasteiger partial charge is 0.326 e. The smallest absolute Gasteiger partial charge is 0.251 e. The van der Waals surface area contributed by atoms with Gasteiger partial charge in [-0.1, -0.05) is 0 Å². The molecular formula is C8H10ClN3O. The number of halogens is 1. The van der Waals surface area contributed by atoms with Gasteiger partial charge >= 0.3 is 0 Å². The Morgan fingerprint density at radius 3 is 2.77 bits per heavy atom. The average Bonchev–Trinajstić information content (AvgIpc) is 2.09. The number of nitriles is 1. The van der Waals surface area contributed by atoms with Crippen LogP contribution in [0.4, 0.5) is 0 Å². The zero-order valence-corrected chi connectivity index (χ0v) is 7.75. The number of aromatic nitrogens is 1. The van der Waals surface area contributed by atoms with Crippen molar-refractivity contribution >= 4 is 12.4 Å². The Kier molecular flexibility index (Phi) is 4.82. The van der Waals surface area contributed by atoms with Crippen molar-refractivity contribution in [3.8, 4) is 6.07 Å². The van der Waals surface area contributed by atoms with Gasteiger partial charge < -0.3 is 10.3 Å². The van der Waals surface area contributed by atoms with Gasteiger partial charge in [0.15, 0.2) is 0 Å². The number of hydrogen-bond donors (Lipinski definition) is 1. The second-order valence-corrected chi connectivity index (χ2v) is 2.36. The zero-order valence-electron chi connectivity index (χ0n) is 6.93. The fourth-order valence-electron chi connectivity index (χ4n) is 0.883. The lowest BCUT2D eigenvalue weighted by atomic mass is 10.3. The SMILES string of the molecule is Cl.N#CCn1ccc(CN)cc1=O. The molecule has 0 saturated carbocycles. The predicted octanol–water partition coefficient (Wildman–Crippen LogP) is 0.252. The first-order valence-corrected chi connectivity index (χ1v) is 3.54. The lowest BCUT2D eigenvalue weighted by Gasteiger charge is -1.99. The van der Waals surface area contributed by atoms with Crippen LogP contribution in [0.15, 0.2) is 23.1 Å². The fourth-order valence-corrected chi connectivity index (χ4v) is 0.883. The monoisotopic (exact) mass is 199 g/mol. The van der Waals surface area contributed by atoms with Crippen molar-refractivity contribution in [2.24, 2.45) is 5.73 Å². The maximum Gasteiger partial charge on any atom is 0.251 e. The van der Waals surface area contributed by atoms with Crippen LogP contribution >= 0.6 is 12.4 Å². The molecule has 2 N–H and O–H groups in total. The van der Waals surface area contributed by atoms with E-state index in [1.165, 1.54) is 10.6 Å². The second kappa shape index (κ2) is 5.36. The van der Waals surface area contributed by atoms with Gasteiger partial charge in [0.1, 0.15) is 6.54 Å². The van der Waals surface area contributed by atoms with Crippen LogP contribution in [-0.4, -0.2) is 4.57 Å². The molecule has 1 heterocycles. The van der Waals surface area contributed by atoms with Gasteiger partial charge in [-0.3, -0.25) is 4.79 Å². The van der Waals surface area contributed by atoms with Gasteiger partial charge in [-0.05, 0) is 11.6 Å². The van der Waals surface area contributed by atoms with Gasteiger partial charge in [0.05, 0.1) is 6.07 Å². The topological polar surface area (TPSA) is 71.8 Å².